The normalized spacial score (nSPS) is 9.88. The third-order valence-corrected chi connectivity index (χ3v) is 1.71. The molecule has 6 heteroatoms. The number of carbonyl (C=O) groups is 1. The Morgan fingerprint density at radius 1 is 1.25 bits per heavy atom. The number of unbranched alkanes of at least 4 members (excludes halogenated alkanes) is 1. The van der Waals surface area contributed by atoms with Gasteiger partial charge in [0, 0.05) is 5.57 Å². The molecule has 0 fully saturated rings. The van der Waals surface area contributed by atoms with Gasteiger partial charge in [0.2, 0.25) is 5.91 Å². The highest BCUT2D eigenvalue weighted by molar-refractivity contribution is 5.93. The molecule has 0 radical (unpaired) electrons. The van der Waals surface area contributed by atoms with E-state index >= 15 is 0 Å². The fourth-order valence-electron chi connectivity index (χ4n) is 1.07. The lowest BCUT2D eigenvalue weighted by atomic mass is 9.85. The monoisotopic (exact) mass is 367 g/mol. The summed E-state index contributed by atoms with van der Waals surface area (Å²) in [4.78, 5) is 11.0. The molecule has 1 amide bonds. The minimum absolute atomic E-state index is 0. The van der Waals surface area contributed by atoms with Gasteiger partial charge in [-0.2, -0.15) is 0 Å². The number of hydrogen-bond donors (Lipinski definition) is 3. The molecule has 0 aliphatic heterocycles. The largest absolute Gasteiger partial charge is 1.00 e. The Morgan fingerprint density at radius 3 is 1.81 bits per heavy atom. The first kappa shape index (κ1) is 29.8. The van der Waals surface area contributed by atoms with E-state index in [-0.39, 0.29) is 60.0 Å². The van der Waals surface area contributed by atoms with Crippen molar-refractivity contribution in [2.24, 2.45) is 11.1 Å². The van der Waals surface area contributed by atoms with Gasteiger partial charge in [0.25, 0.3) is 0 Å². The summed E-state index contributed by atoms with van der Waals surface area (Å²) in [7, 11) is 0. The molecule has 0 unspecified atom stereocenters. The Hall–Kier alpha value is 0.150. The summed E-state index contributed by atoms with van der Waals surface area (Å²) in [6, 6.07) is 0. The van der Waals surface area contributed by atoms with Crippen molar-refractivity contribution in [3.63, 3.8) is 0 Å². The van der Waals surface area contributed by atoms with E-state index in [2.05, 4.69) is 6.92 Å². The molecule has 0 spiro atoms. The highest BCUT2D eigenvalue weighted by atomic mass is 127. The van der Waals surface area contributed by atoms with Crippen LogP contribution >= 0.6 is 0 Å². The van der Waals surface area contributed by atoms with Crippen LogP contribution in [0.5, 0.6) is 0 Å². The molecule has 0 rings (SSSR count). The molecular weight excluding hydrogens is 340 g/mol. The Bertz CT molecular complexity index is 203. The SMILES string of the molecule is CCCC=C(C(N)=O)C(C)(C)C.[Cl-].[I-].[NH4+].[NH4+]. The van der Waals surface area contributed by atoms with Crippen molar-refractivity contribution in [2.75, 3.05) is 0 Å². The van der Waals surface area contributed by atoms with Gasteiger partial charge in [0.05, 0.1) is 0 Å². The smallest absolute Gasteiger partial charge is 0.244 e. The van der Waals surface area contributed by atoms with Gasteiger partial charge in [-0.1, -0.05) is 40.2 Å². The topological polar surface area (TPSA) is 116 Å². The molecule has 0 saturated heterocycles. The summed E-state index contributed by atoms with van der Waals surface area (Å²) in [5, 5.41) is 0. The quantitative estimate of drug-likeness (QED) is 0.358. The van der Waals surface area contributed by atoms with Crippen LogP contribution in [0.15, 0.2) is 11.6 Å². The second kappa shape index (κ2) is 13.2. The zero-order valence-corrected chi connectivity index (χ0v) is 14.1. The molecule has 0 heterocycles. The van der Waals surface area contributed by atoms with Crippen LogP contribution in [0, 0.1) is 5.41 Å². The molecule has 0 aliphatic carbocycles. The van der Waals surface area contributed by atoms with Crippen molar-refractivity contribution < 1.29 is 41.2 Å². The molecule has 102 valence electrons. The molecular formula is C10H27ClIN3O. The Balaban J connectivity index is -0.000000101. The van der Waals surface area contributed by atoms with Crippen LogP contribution in [0.25, 0.3) is 0 Å². The van der Waals surface area contributed by atoms with Gasteiger partial charge in [-0.05, 0) is 11.8 Å². The van der Waals surface area contributed by atoms with Gasteiger partial charge < -0.3 is 54.4 Å². The van der Waals surface area contributed by atoms with Crippen molar-refractivity contribution in [1.29, 1.82) is 0 Å². The molecule has 0 aromatic rings. The van der Waals surface area contributed by atoms with Crippen LogP contribution in [-0.4, -0.2) is 5.91 Å². The van der Waals surface area contributed by atoms with E-state index in [1.54, 1.807) is 0 Å². The number of nitrogens with two attached hydrogens (primary N) is 1. The standard InChI is InChI=1S/C10H19NO.ClH.HI.2H3N/c1-5-6-7-8(9(11)12)10(2,3)4;;;;/h7H,5-6H2,1-4H3,(H2,11,12);2*1H;2*1H3. The van der Waals surface area contributed by atoms with Crippen molar-refractivity contribution in [2.45, 2.75) is 40.5 Å². The van der Waals surface area contributed by atoms with Gasteiger partial charge in [-0.15, -0.1) is 0 Å². The first-order chi connectivity index (χ1) is 5.39. The highest BCUT2D eigenvalue weighted by Gasteiger charge is 2.20. The van der Waals surface area contributed by atoms with E-state index in [0.29, 0.717) is 0 Å². The number of amides is 1. The average Bonchev–Trinajstić information content (AvgIpc) is 1.84. The summed E-state index contributed by atoms with van der Waals surface area (Å²) in [5.41, 5.74) is 5.87. The first-order valence-electron chi connectivity index (χ1n) is 4.40. The number of rotatable bonds is 3. The van der Waals surface area contributed by atoms with Gasteiger partial charge in [-0.25, -0.2) is 0 Å². The number of hydrogen-bond acceptors (Lipinski definition) is 1. The molecule has 4 nitrogen and oxygen atoms in total. The molecule has 0 aromatic carbocycles. The molecule has 10 N–H and O–H groups in total. The fourth-order valence-corrected chi connectivity index (χ4v) is 1.07. The molecule has 0 aromatic heterocycles. The Morgan fingerprint density at radius 2 is 1.62 bits per heavy atom. The number of carbonyl (C=O) groups excluding carboxylic acids is 1. The number of allylic oxidation sites excluding steroid dienone is 1. The lowest BCUT2D eigenvalue weighted by molar-refractivity contribution is -0.115. The molecule has 0 aliphatic rings. The molecule has 0 saturated carbocycles. The summed E-state index contributed by atoms with van der Waals surface area (Å²) in [6.07, 6.45) is 3.92. The van der Waals surface area contributed by atoms with E-state index in [1.165, 1.54) is 0 Å². The van der Waals surface area contributed by atoms with E-state index in [0.717, 1.165) is 18.4 Å². The van der Waals surface area contributed by atoms with E-state index in [9.17, 15) is 4.79 Å². The zero-order chi connectivity index (χ0) is 9.78. The minimum Gasteiger partial charge on any atom is -1.00 e. The second-order valence-corrected chi connectivity index (χ2v) is 4.02. The van der Waals surface area contributed by atoms with Crippen molar-refractivity contribution in [3.8, 4) is 0 Å². The highest BCUT2D eigenvalue weighted by Crippen LogP contribution is 2.25. The maximum atomic E-state index is 11.0. The number of primary amides is 1. The lowest BCUT2D eigenvalue weighted by Gasteiger charge is -2.20. The average molecular weight is 368 g/mol. The summed E-state index contributed by atoms with van der Waals surface area (Å²) < 4.78 is 0. The molecule has 0 bridgehead atoms. The van der Waals surface area contributed by atoms with Crippen LogP contribution < -0.4 is 54.4 Å². The molecule has 0 atom stereocenters. The van der Waals surface area contributed by atoms with Crippen LogP contribution in [0.3, 0.4) is 0 Å². The minimum atomic E-state index is -0.295. The van der Waals surface area contributed by atoms with E-state index in [4.69, 9.17) is 5.73 Å². The van der Waals surface area contributed by atoms with Crippen LogP contribution in [-0.2, 0) is 4.79 Å². The van der Waals surface area contributed by atoms with Gasteiger partial charge in [-0.3, -0.25) is 4.79 Å². The summed E-state index contributed by atoms with van der Waals surface area (Å²) in [5.74, 6) is -0.295. The fraction of sp³-hybridized carbons (Fsp3) is 0.700. The predicted molar refractivity (Wildman–Crippen MR) is 63.6 cm³/mol. The molecule has 16 heavy (non-hydrogen) atoms. The third-order valence-electron chi connectivity index (χ3n) is 1.71. The zero-order valence-electron chi connectivity index (χ0n) is 11.2. The number of halogens is 2. The summed E-state index contributed by atoms with van der Waals surface area (Å²) in [6.45, 7) is 8.08. The van der Waals surface area contributed by atoms with Crippen LogP contribution in [0.2, 0.25) is 0 Å². The van der Waals surface area contributed by atoms with E-state index in [1.807, 2.05) is 26.8 Å². The maximum Gasteiger partial charge on any atom is 0.244 e. The number of quaternary nitrogens is 2. The van der Waals surface area contributed by atoms with Gasteiger partial charge >= 0.3 is 0 Å². The lowest BCUT2D eigenvalue weighted by Crippen LogP contribution is -3.00. The second-order valence-electron chi connectivity index (χ2n) is 4.02. The van der Waals surface area contributed by atoms with Crippen LogP contribution in [0.4, 0.5) is 0 Å². The maximum absolute atomic E-state index is 11.0. The van der Waals surface area contributed by atoms with Gasteiger partial charge in [0.15, 0.2) is 0 Å². The van der Waals surface area contributed by atoms with Crippen LogP contribution in [0.1, 0.15) is 40.5 Å². The first-order valence-corrected chi connectivity index (χ1v) is 4.40. The van der Waals surface area contributed by atoms with Gasteiger partial charge in [0.1, 0.15) is 0 Å². The van der Waals surface area contributed by atoms with Crippen molar-refractivity contribution >= 4 is 5.91 Å². The summed E-state index contributed by atoms with van der Waals surface area (Å²) >= 11 is 0. The van der Waals surface area contributed by atoms with E-state index < -0.39 is 0 Å². The predicted octanol–water partition coefficient (Wildman–Crippen LogP) is -3.00. The van der Waals surface area contributed by atoms with Crippen molar-refractivity contribution in [1.82, 2.24) is 12.3 Å². The Kier molecular flexibility index (Phi) is 24.6. The third kappa shape index (κ3) is 12.2. The Labute approximate surface area is 122 Å². The van der Waals surface area contributed by atoms with Crippen molar-refractivity contribution in [3.05, 3.63) is 11.6 Å².